The molecule has 0 unspecified atom stereocenters. The maximum absolute atomic E-state index is 13.0. The summed E-state index contributed by atoms with van der Waals surface area (Å²) in [6.07, 6.45) is 10.6. The van der Waals surface area contributed by atoms with Gasteiger partial charge in [-0.3, -0.25) is 4.79 Å². The van der Waals surface area contributed by atoms with Crippen LogP contribution in [0, 0.1) is 25.7 Å². The van der Waals surface area contributed by atoms with Gasteiger partial charge >= 0.3 is 0 Å². The first-order chi connectivity index (χ1) is 14.5. The summed E-state index contributed by atoms with van der Waals surface area (Å²) in [6, 6.07) is 4.28. The van der Waals surface area contributed by atoms with Crippen LogP contribution in [0.2, 0.25) is 0 Å². The van der Waals surface area contributed by atoms with E-state index in [-0.39, 0.29) is 12.0 Å². The standard InChI is InChI=1S/C25H36N2O2S/c1-4-5-6-19-9-11-20(12-10-19)24(28)27-15-13-21(14-16-27)29-25-26-22-17(2)7-8-18(3)23(22)30-25/h7-8,19-21H,4-6,9-16H2,1-3H3. The Bertz CT molecular complexity index is 822. The van der Waals surface area contributed by atoms with Gasteiger partial charge in [-0.25, -0.2) is 4.98 Å². The highest BCUT2D eigenvalue weighted by Crippen LogP contribution is 2.35. The fraction of sp³-hybridized carbons (Fsp3) is 0.680. The Hall–Kier alpha value is -1.62. The highest BCUT2D eigenvalue weighted by molar-refractivity contribution is 7.20. The molecule has 2 aromatic rings. The van der Waals surface area contributed by atoms with Gasteiger partial charge in [0, 0.05) is 31.8 Å². The van der Waals surface area contributed by atoms with Crippen LogP contribution in [0.1, 0.15) is 75.8 Å². The number of benzene rings is 1. The second-order valence-electron chi connectivity index (χ2n) is 9.36. The van der Waals surface area contributed by atoms with Crippen LogP contribution in [0.4, 0.5) is 0 Å². The number of fused-ring (bicyclic) bond motifs is 1. The van der Waals surface area contributed by atoms with Crippen LogP contribution in [0.5, 0.6) is 5.19 Å². The maximum atomic E-state index is 13.0. The van der Waals surface area contributed by atoms with Crippen molar-refractivity contribution in [2.75, 3.05) is 13.1 Å². The fourth-order valence-corrected chi connectivity index (χ4v) is 6.10. The number of aromatic nitrogens is 1. The minimum atomic E-state index is 0.167. The van der Waals surface area contributed by atoms with Gasteiger partial charge in [0.2, 0.25) is 5.91 Å². The van der Waals surface area contributed by atoms with Gasteiger partial charge in [0.15, 0.2) is 0 Å². The van der Waals surface area contributed by atoms with Crippen molar-refractivity contribution < 1.29 is 9.53 Å². The molecule has 0 bridgehead atoms. The van der Waals surface area contributed by atoms with Gasteiger partial charge in [-0.15, -0.1) is 0 Å². The van der Waals surface area contributed by atoms with E-state index >= 15 is 0 Å². The molecule has 0 radical (unpaired) electrons. The van der Waals surface area contributed by atoms with E-state index in [1.807, 2.05) is 0 Å². The molecule has 2 heterocycles. The van der Waals surface area contributed by atoms with Crippen molar-refractivity contribution in [1.82, 2.24) is 9.88 Å². The number of carbonyl (C=O) groups is 1. The lowest BCUT2D eigenvalue weighted by Gasteiger charge is -2.36. The van der Waals surface area contributed by atoms with Gasteiger partial charge in [0.1, 0.15) is 6.10 Å². The lowest BCUT2D eigenvalue weighted by Crippen LogP contribution is -2.45. The number of aryl methyl sites for hydroxylation is 2. The van der Waals surface area contributed by atoms with Gasteiger partial charge in [0.25, 0.3) is 5.19 Å². The van der Waals surface area contributed by atoms with E-state index in [1.54, 1.807) is 11.3 Å². The van der Waals surface area contributed by atoms with Gasteiger partial charge in [-0.05, 0) is 56.6 Å². The molecule has 2 aliphatic rings. The Morgan fingerprint density at radius 2 is 1.80 bits per heavy atom. The Morgan fingerprint density at radius 1 is 1.10 bits per heavy atom. The molecular weight excluding hydrogens is 392 g/mol. The number of thiazole rings is 1. The molecule has 164 valence electrons. The first-order valence-corrected chi connectivity index (χ1v) is 12.7. The van der Waals surface area contributed by atoms with Crippen molar-refractivity contribution in [2.24, 2.45) is 11.8 Å². The van der Waals surface area contributed by atoms with Crippen LogP contribution >= 0.6 is 11.3 Å². The van der Waals surface area contributed by atoms with E-state index in [9.17, 15) is 4.79 Å². The molecule has 1 saturated carbocycles. The summed E-state index contributed by atoms with van der Waals surface area (Å²) in [5.41, 5.74) is 3.52. The summed E-state index contributed by atoms with van der Waals surface area (Å²) in [4.78, 5) is 19.8. The van der Waals surface area contributed by atoms with E-state index in [4.69, 9.17) is 9.72 Å². The van der Waals surface area contributed by atoms with E-state index in [1.165, 1.54) is 47.9 Å². The zero-order chi connectivity index (χ0) is 21.1. The zero-order valence-electron chi connectivity index (χ0n) is 18.8. The summed E-state index contributed by atoms with van der Waals surface area (Å²) in [5, 5.41) is 0.776. The van der Waals surface area contributed by atoms with Crippen molar-refractivity contribution in [3.05, 3.63) is 23.3 Å². The molecule has 1 aromatic carbocycles. The summed E-state index contributed by atoms with van der Waals surface area (Å²) in [6.45, 7) is 8.14. The first-order valence-electron chi connectivity index (χ1n) is 11.9. The zero-order valence-corrected chi connectivity index (χ0v) is 19.6. The van der Waals surface area contributed by atoms with Crippen LogP contribution in [0.25, 0.3) is 10.2 Å². The monoisotopic (exact) mass is 428 g/mol. The summed E-state index contributed by atoms with van der Waals surface area (Å²) in [5.74, 6) is 1.51. The van der Waals surface area contributed by atoms with E-state index in [2.05, 4.69) is 37.8 Å². The van der Waals surface area contributed by atoms with Gasteiger partial charge in [-0.2, -0.15) is 0 Å². The first kappa shape index (κ1) is 21.6. The second kappa shape index (κ2) is 9.67. The molecule has 30 heavy (non-hydrogen) atoms. The van der Waals surface area contributed by atoms with Crippen LogP contribution < -0.4 is 4.74 Å². The number of ether oxygens (including phenoxy) is 1. The number of piperidine rings is 1. The molecule has 1 aliphatic heterocycles. The minimum absolute atomic E-state index is 0.167. The number of likely N-dealkylation sites (tertiary alicyclic amines) is 1. The third-order valence-corrected chi connectivity index (χ3v) is 8.19. The topological polar surface area (TPSA) is 42.4 Å². The number of nitrogens with zero attached hydrogens (tertiary/aromatic N) is 2. The summed E-state index contributed by atoms with van der Waals surface area (Å²) in [7, 11) is 0. The predicted molar refractivity (Wildman–Crippen MR) is 124 cm³/mol. The minimum Gasteiger partial charge on any atom is -0.467 e. The smallest absolute Gasteiger partial charge is 0.274 e. The Kier molecular flexibility index (Phi) is 6.97. The second-order valence-corrected chi connectivity index (χ2v) is 10.3. The molecule has 1 saturated heterocycles. The van der Waals surface area contributed by atoms with Crippen molar-refractivity contribution >= 4 is 27.5 Å². The SMILES string of the molecule is CCCCC1CCC(C(=O)N2CCC(Oc3nc4c(C)ccc(C)c4s3)CC2)CC1. The maximum Gasteiger partial charge on any atom is 0.274 e. The number of carbonyl (C=O) groups excluding carboxylic acids is 1. The third kappa shape index (κ3) is 4.82. The summed E-state index contributed by atoms with van der Waals surface area (Å²) < 4.78 is 7.47. The molecule has 5 heteroatoms. The highest BCUT2D eigenvalue weighted by Gasteiger charge is 2.32. The molecule has 0 atom stereocenters. The van der Waals surface area contributed by atoms with Crippen LogP contribution in [-0.4, -0.2) is 35.0 Å². The summed E-state index contributed by atoms with van der Waals surface area (Å²) >= 11 is 1.65. The third-order valence-electron chi connectivity index (χ3n) is 7.11. The van der Waals surface area contributed by atoms with Crippen molar-refractivity contribution in [1.29, 1.82) is 0 Å². The number of unbranched alkanes of at least 4 members (excludes halogenated alkanes) is 1. The molecule has 2 fully saturated rings. The average Bonchev–Trinajstić information content (AvgIpc) is 3.20. The molecule has 4 nitrogen and oxygen atoms in total. The molecule has 4 rings (SSSR count). The van der Waals surface area contributed by atoms with Gasteiger partial charge < -0.3 is 9.64 Å². The normalized spacial score (nSPS) is 23.1. The molecule has 1 aliphatic carbocycles. The lowest BCUT2D eigenvalue weighted by atomic mass is 9.79. The number of amides is 1. The lowest BCUT2D eigenvalue weighted by molar-refractivity contribution is -0.138. The van der Waals surface area contributed by atoms with Gasteiger partial charge in [0.05, 0.1) is 10.2 Å². The Morgan fingerprint density at radius 3 is 2.47 bits per heavy atom. The Labute approximate surface area is 185 Å². The molecule has 1 amide bonds. The largest absolute Gasteiger partial charge is 0.467 e. The van der Waals surface area contributed by atoms with Crippen LogP contribution in [-0.2, 0) is 4.79 Å². The van der Waals surface area contributed by atoms with Gasteiger partial charge in [-0.1, -0.05) is 49.7 Å². The number of rotatable bonds is 6. The molecule has 0 spiro atoms. The van der Waals surface area contributed by atoms with E-state index < -0.39 is 0 Å². The van der Waals surface area contributed by atoms with Crippen molar-refractivity contribution in [3.8, 4) is 5.19 Å². The van der Waals surface area contributed by atoms with Crippen molar-refractivity contribution in [3.63, 3.8) is 0 Å². The van der Waals surface area contributed by atoms with Crippen molar-refractivity contribution in [2.45, 2.75) is 84.7 Å². The highest BCUT2D eigenvalue weighted by atomic mass is 32.1. The van der Waals surface area contributed by atoms with E-state index in [0.29, 0.717) is 5.91 Å². The number of hydrogen-bond acceptors (Lipinski definition) is 4. The predicted octanol–water partition coefficient (Wildman–Crippen LogP) is 6.28. The quantitative estimate of drug-likeness (QED) is 0.544. The number of hydrogen-bond donors (Lipinski definition) is 0. The molecule has 0 N–H and O–H groups in total. The average molecular weight is 429 g/mol. The van der Waals surface area contributed by atoms with Crippen LogP contribution in [0.3, 0.4) is 0 Å². The fourth-order valence-electron chi connectivity index (χ4n) is 5.08. The van der Waals surface area contributed by atoms with Crippen LogP contribution in [0.15, 0.2) is 12.1 Å². The molecular formula is C25H36N2O2S. The Balaban J connectivity index is 1.27. The molecule has 1 aromatic heterocycles. The van der Waals surface area contributed by atoms with E-state index in [0.717, 1.165) is 55.4 Å².